The number of hydrogen-bond acceptors (Lipinski definition) is 4. The Hall–Kier alpha value is -3.18. The summed E-state index contributed by atoms with van der Waals surface area (Å²) in [5, 5.41) is 9.27. The van der Waals surface area contributed by atoms with Crippen LogP contribution in [0.2, 0.25) is 0 Å². The predicted octanol–water partition coefficient (Wildman–Crippen LogP) is 3.35. The van der Waals surface area contributed by atoms with E-state index >= 15 is 0 Å². The lowest BCUT2D eigenvalue weighted by molar-refractivity contribution is 0.151. The van der Waals surface area contributed by atoms with Gasteiger partial charge in [-0.15, -0.1) is 0 Å². The molecule has 132 valence electrons. The van der Waals surface area contributed by atoms with Gasteiger partial charge in [0.25, 0.3) is 12.0 Å². The molecular weight excluding hydrogens is 345 g/mol. The van der Waals surface area contributed by atoms with E-state index in [2.05, 4.69) is 4.98 Å². The Kier molecular flexibility index (Phi) is 4.49. The molecule has 0 saturated carbocycles. The van der Waals surface area contributed by atoms with Crippen LogP contribution < -0.4 is 11.3 Å². The quantitative estimate of drug-likeness (QED) is 0.778. The van der Waals surface area contributed by atoms with E-state index < -0.39 is 29.4 Å². The zero-order valence-corrected chi connectivity index (χ0v) is 13.6. The van der Waals surface area contributed by atoms with Crippen molar-refractivity contribution in [3.63, 3.8) is 0 Å². The molecule has 1 atom stereocenters. The number of alkyl halides is 2. The maximum absolute atomic E-state index is 13.8. The van der Waals surface area contributed by atoms with Gasteiger partial charge >= 0.3 is 0 Å². The van der Waals surface area contributed by atoms with Crippen LogP contribution in [0.3, 0.4) is 0 Å². The normalized spacial score (nSPS) is 12.3. The number of nitrogens with zero attached hydrogens (tertiary/aromatic N) is 3. The first-order valence-corrected chi connectivity index (χ1v) is 7.64. The van der Waals surface area contributed by atoms with Crippen LogP contribution in [0.25, 0.3) is 16.6 Å². The van der Waals surface area contributed by atoms with E-state index in [0.717, 1.165) is 16.7 Å². The molecule has 2 N–H and O–H groups in total. The molecule has 1 aromatic heterocycles. The molecule has 0 aliphatic carbocycles. The SMILES string of the molecule is C[C@H](N)c1nc2cccc(C#N)c2c(=O)n1-c1cc(F)cc(C(F)F)c1. The van der Waals surface area contributed by atoms with Crippen molar-refractivity contribution in [3.05, 3.63) is 69.5 Å². The zero-order valence-electron chi connectivity index (χ0n) is 13.6. The van der Waals surface area contributed by atoms with Crippen molar-refractivity contribution >= 4 is 10.9 Å². The number of aromatic nitrogens is 2. The average molecular weight is 358 g/mol. The van der Waals surface area contributed by atoms with Gasteiger partial charge in [0.2, 0.25) is 0 Å². The van der Waals surface area contributed by atoms with Crippen LogP contribution in [0.4, 0.5) is 13.2 Å². The second-order valence-electron chi connectivity index (χ2n) is 5.75. The van der Waals surface area contributed by atoms with Gasteiger partial charge in [-0.2, -0.15) is 5.26 Å². The summed E-state index contributed by atoms with van der Waals surface area (Å²) < 4.78 is 40.9. The smallest absolute Gasteiger partial charge is 0.267 e. The lowest BCUT2D eigenvalue weighted by Crippen LogP contribution is -2.28. The van der Waals surface area contributed by atoms with E-state index in [1.54, 1.807) is 19.1 Å². The Balaban J connectivity index is 2.46. The largest absolute Gasteiger partial charge is 0.322 e. The molecule has 0 saturated heterocycles. The van der Waals surface area contributed by atoms with Gasteiger partial charge in [0.1, 0.15) is 17.7 Å². The summed E-state index contributed by atoms with van der Waals surface area (Å²) in [6.45, 7) is 1.56. The van der Waals surface area contributed by atoms with E-state index in [4.69, 9.17) is 5.73 Å². The lowest BCUT2D eigenvalue weighted by Gasteiger charge is -2.17. The minimum absolute atomic E-state index is 0.0160. The first-order valence-electron chi connectivity index (χ1n) is 7.64. The lowest BCUT2D eigenvalue weighted by atomic mass is 10.1. The monoisotopic (exact) mass is 358 g/mol. The van der Waals surface area contributed by atoms with Crippen LogP contribution in [0, 0.1) is 17.1 Å². The first-order chi connectivity index (χ1) is 12.3. The predicted molar refractivity (Wildman–Crippen MR) is 89.6 cm³/mol. The van der Waals surface area contributed by atoms with Gasteiger partial charge in [0.15, 0.2) is 0 Å². The van der Waals surface area contributed by atoms with Gasteiger partial charge < -0.3 is 5.73 Å². The summed E-state index contributed by atoms with van der Waals surface area (Å²) in [4.78, 5) is 17.3. The zero-order chi connectivity index (χ0) is 19.0. The number of halogens is 3. The van der Waals surface area contributed by atoms with Gasteiger partial charge in [0.05, 0.1) is 28.2 Å². The van der Waals surface area contributed by atoms with Crippen LogP contribution in [-0.4, -0.2) is 9.55 Å². The molecule has 0 aliphatic heterocycles. The van der Waals surface area contributed by atoms with Gasteiger partial charge in [-0.25, -0.2) is 18.2 Å². The molecule has 0 fully saturated rings. The van der Waals surface area contributed by atoms with Crippen molar-refractivity contribution in [1.82, 2.24) is 9.55 Å². The third-order valence-corrected chi connectivity index (χ3v) is 3.87. The number of nitriles is 1. The number of benzene rings is 2. The highest BCUT2D eigenvalue weighted by atomic mass is 19.3. The highest BCUT2D eigenvalue weighted by molar-refractivity contribution is 5.84. The second kappa shape index (κ2) is 6.61. The number of fused-ring (bicyclic) bond motifs is 1. The molecule has 26 heavy (non-hydrogen) atoms. The Morgan fingerprint density at radius 2 is 2.00 bits per heavy atom. The molecule has 0 bridgehead atoms. The Bertz CT molecular complexity index is 1100. The maximum Gasteiger partial charge on any atom is 0.267 e. The molecule has 0 aliphatic rings. The molecule has 8 heteroatoms. The Labute approximate surface area is 146 Å². The van der Waals surface area contributed by atoms with Crippen LogP contribution in [0.15, 0.2) is 41.2 Å². The Morgan fingerprint density at radius 3 is 2.62 bits per heavy atom. The van der Waals surface area contributed by atoms with Crippen molar-refractivity contribution in [2.75, 3.05) is 0 Å². The van der Waals surface area contributed by atoms with Gasteiger partial charge in [-0.3, -0.25) is 9.36 Å². The van der Waals surface area contributed by atoms with Crippen LogP contribution in [0.1, 0.15) is 36.3 Å². The summed E-state index contributed by atoms with van der Waals surface area (Å²) in [6, 6.07) is 8.36. The summed E-state index contributed by atoms with van der Waals surface area (Å²) in [5.41, 5.74) is 4.85. The van der Waals surface area contributed by atoms with Gasteiger partial charge in [-0.1, -0.05) is 6.07 Å². The van der Waals surface area contributed by atoms with Crippen molar-refractivity contribution < 1.29 is 13.2 Å². The fourth-order valence-electron chi connectivity index (χ4n) is 2.75. The van der Waals surface area contributed by atoms with E-state index in [9.17, 15) is 23.2 Å². The van der Waals surface area contributed by atoms with Crippen molar-refractivity contribution in [1.29, 1.82) is 5.26 Å². The summed E-state index contributed by atoms with van der Waals surface area (Å²) in [5.74, 6) is -0.850. The van der Waals surface area contributed by atoms with Crippen molar-refractivity contribution in [2.45, 2.75) is 19.4 Å². The Morgan fingerprint density at radius 1 is 1.27 bits per heavy atom. The number of hydrogen-bond donors (Lipinski definition) is 1. The molecule has 1 heterocycles. The van der Waals surface area contributed by atoms with E-state index in [1.807, 2.05) is 6.07 Å². The van der Waals surface area contributed by atoms with Crippen LogP contribution in [0.5, 0.6) is 0 Å². The molecular formula is C18H13F3N4O. The average Bonchev–Trinajstić information content (AvgIpc) is 2.60. The van der Waals surface area contributed by atoms with E-state index in [-0.39, 0.29) is 28.0 Å². The molecule has 3 aromatic rings. The van der Waals surface area contributed by atoms with Crippen molar-refractivity contribution in [3.8, 4) is 11.8 Å². The summed E-state index contributed by atoms with van der Waals surface area (Å²) in [7, 11) is 0. The minimum atomic E-state index is -2.91. The van der Waals surface area contributed by atoms with E-state index in [0.29, 0.717) is 6.07 Å². The highest BCUT2D eigenvalue weighted by Crippen LogP contribution is 2.25. The van der Waals surface area contributed by atoms with Crippen molar-refractivity contribution in [2.24, 2.45) is 5.73 Å². The molecule has 2 aromatic carbocycles. The van der Waals surface area contributed by atoms with Crippen LogP contribution >= 0.6 is 0 Å². The van der Waals surface area contributed by atoms with E-state index in [1.165, 1.54) is 6.07 Å². The van der Waals surface area contributed by atoms with Crippen LogP contribution in [-0.2, 0) is 0 Å². The van der Waals surface area contributed by atoms with Gasteiger partial charge in [0, 0.05) is 5.56 Å². The number of rotatable bonds is 3. The molecule has 5 nitrogen and oxygen atoms in total. The molecule has 0 radical (unpaired) electrons. The topological polar surface area (TPSA) is 84.7 Å². The minimum Gasteiger partial charge on any atom is -0.322 e. The maximum atomic E-state index is 13.8. The molecule has 0 amide bonds. The summed E-state index contributed by atoms with van der Waals surface area (Å²) >= 11 is 0. The third-order valence-electron chi connectivity index (χ3n) is 3.87. The molecule has 0 spiro atoms. The highest BCUT2D eigenvalue weighted by Gasteiger charge is 2.19. The summed E-state index contributed by atoms with van der Waals surface area (Å²) in [6.07, 6.45) is -2.91. The molecule has 0 unspecified atom stereocenters. The third kappa shape index (κ3) is 2.93. The fraction of sp³-hybridized carbons (Fsp3) is 0.167. The molecule has 3 rings (SSSR count). The fourth-order valence-corrected chi connectivity index (χ4v) is 2.75. The first kappa shape index (κ1) is 17.6. The standard InChI is InChI=1S/C18H13F3N4O/c1-9(23)17-24-14-4-2-3-10(8-22)15(14)18(26)25(17)13-6-11(16(20)21)5-12(19)7-13/h2-7,9,16H,23H2,1H3/t9-/m0/s1. The number of nitrogens with two attached hydrogens (primary N) is 1. The second-order valence-corrected chi connectivity index (χ2v) is 5.75. The van der Waals surface area contributed by atoms with Gasteiger partial charge in [-0.05, 0) is 37.3 Å².